The van der Waals surface area contributed by atoms with Crippen molar-refractivity contribution in [3.63, 3.8) is 0 Å². The lowest BCUT2D eigenvalue weighted by Crippen LogP contribution is -2.68. The average molecular weight is 430 g/mol. The molecule has 0 aromatic heterocycles. The van der Waals surface area contributed by atoms with Crippen LogP contribution in [-0.4, -0.2) is 40.5 Å². The van der Waals surface area contributed by atoms with Crippen molar-refractivity contribution in [3.8, 4) is 0 Å². The number of nitrogens with one attached hydrogen (secondary N) is 1. The van der Waals surface area contributed by atoms with Gasteiger partial charge >= 0.3 is 18.0 Å². The average Bonchev–Trinajstić information content (AvgIpc) is 2.62. The molecule has 0 aliphatic rings. The number of alkyl carbamates (subject to hydrolysis) is 1. The highest BCUT2D eigenvalue weighted by Crippen LogP contribution is 2.35. The largest absolute Gasteiger partial charge is 0.459 e. The minimum Gasteiger partial charge on any atom is -0.459 e. The highest BCUT2D eigenvalue weighted by molar-refractivity contribution is 5.77. The van der Waals surface area contributed by atoms with Gasteiger partial charge in [0, 0.05) is 6.42 Å². The van der Waals surface area contributed by atoms with E-state index in [0.29, 0.717) is 5.56 Å². The Balaban J connectivity index is 2.99. The molecule has 1 amide bonds. The predicted molar refractivity (Wildman–Crippen MR) is 108 cm³/mol. The van der Waals surface area contributed by atoms with Crippen LogP contribution in [0, 0.1) is 5.92 Å². The monoisotopic (exact) mass is 430 g/mol. The van der Waals surface area contributed by atoms with Gasteiger partial charge in [0.15, 0.2) is 6.04 Å². The lowest BCUT2D eigenvalue weighted by atomic mass is 9.91. The number of ether oxygens (including phenoxy) is 2. The minimum atomic E-state index is -4.23. The number of rotatable bonds is 9. The summed E-state index contributed by atoms with van der Waals surface area (Å²) in [5, 5.41) is 12.5. The number of benzene rings is 1. The van der Waals surface area contributed by atoms with Crippen molar-refractivity contribution in [2.75, 3.05) is 0 Å². The molecule has 4 N–H and O–H groups in total. The van der Waals surface area contributed by atoms with Crippen LogP contribution in [0.1, 0.15) is 53.0 Å². The van der Waals surface area contributed by atoms with Crippen molar-refractivity contribution in [1.29, 1.82) is 0 Å². The third kappa shape index (κ3) is 7.53. The van der Waals surface area contributed by atoms with Crippen LogP contribution in [0.3, 0.4) is 0 Å². The number of halogens is 2. The molecule has 1 rings (SSSR count). The van der Waals surface area contributed by atoms with Gasteiger partial charge in [0.1, 0.15) is 12.2 Å². The molecule has 0 aliphatic carbocycles. The molecule has 2 unspecified atom stereocenters. The van der Waals surface area contributed by atoms with Crippen LogP contribution in [0.15, 0.2) is 30.3 Å². The highest BCUT2D eigenvalue weighted by Gasteiger charge is 2.60. The number of alkyl halides is 2. The van der Waals surface area contributed by atoms with E-state index in [-0.39, 0.29) is 18.9 Å². The molecule has 170 valence electrons. The number of carbonyl (C=O) groups is 2. The summed E-state index contributed by atoms with van der Waals surface area (Å²) in [4.78, 5) is 24.3. The molecule has 0 saturated heterocycles. The molecule has 0 bridgehead atoms. The van der Waals surface area contributed by atoms with Gasteiger partial charge in [-0.3, -0.25) is 10.1 Å². The molecule has 0 heterocycles. The number of esters is 1. The van der Waals surface area contributed by atoms with Crippen LogP contribution in [-0.2, 0) is 20.9 Å². The first-order valence-corrected chi connectivity index (χ1v) is 9.75. The van der Waals surface area contributed by atoms with Gasteiger partial charge in [-0.2, -0.15) is 8.78 Å². The summed E-state index contributed by atoms with van der Waals surface area (Å²) in [6.45, 7) is 7.91. The summed E-state index contributed by atoms with van der Waals surface area (Å²) < 4.78 is 40.1. The van der Waals surface area contributed by atoms with Crippen molar-refractivity contribution in [1.82, 2.24) is 5.32 Å². The molecular weight excluding hydrogens is 398 g/mol. The molecule has 1 aromatic carbocycles. The zero-order chi connectivity index (χ0) is 23.2. The molecular formula is C21H32F2N2O5. The molecule has 0 aliphatic heterocycles. The van der Waals surface area contributed by atoms with Crippen molar-refractivity contribution in [2.24, 2.45) is 11.7 Å². The van der Waals surface area contributed by atoms with Gasteiger partial charge in [-0.15, -0.1) is 0 Å². The Hall–Kier alpha value is -2.26. The van der Waals surface area contributed by atoms with Crippen LogP contribution >= 0.6 is 0 Å². The van der Waals surface area contributed by atoms with Gasteiger partial charge in [0.25, 0.3) is 0 Å². The predicted octanol–water partition coefficient (Wildman–Crippen LogP) is 3.34. The second-order valence-corrected chi connectivity index (χ2v) is 8.61. The molecule has 1 aromatic rings. The van der Waals surface area contributed by atoms with Crippen LogP contribution in [0.4, 0.5) is 13.6 Å². The van der Waals surface area contributed by atoms with Crippen molar-refractivity contribution in [3.05, 3.63) is 35.9 Å². The fourth-order valence-corrected chi connectivity index (χ4v) is 2.51. The van der Waals surface area contributed by atoms with Crippen molar-refractivity contribution < 1.29 is 33.0 Å². The van der Waals surface area contributed by atoms with Crippen LogP contribution < -0.4 is 11.1 Å². The van der Waals surface area contributed by atoms with Gasteiger partial charge in [-0.05, 0) is 38.7 Å². The molecule has 2 atom stereocenters. The Morgan fingerprint density at radius 2 is 1.73 bits per heavy atom. The number of nitrogens with two attached hydrogens (primary N) is 1. The van der Waals surface area contributed by atoms with Gasteiger partial charge < -0.3 is 20.3 Å². The third-order valence-electron chi connectivity index (χ3n) is 4.21. The number of amides is 1. The summed E-state index contributed by atoms with van der Waals surface area (Å²) in [7, 11) is 0. The summed E-state index contributed by atoms with van der Waals surface area (Å²) in [6.07, 6.45) is -1.66. The van der Waals surface area contributed by atoms with Gasteiger partial charge in [0.2, 0.25) is 5.72 Å². The number of hydrogen-bond donors (Lipinski definition) is 3. The molecule has 30 heavy (non-hydrogen) atoms. The Morgan fingerprint density at radius 3 is 2.23 bits per heavy atom. The summed E-state index contributed by atoms with van der Waals surface area (Å²) in [6, 6.07) is 5.95. The van der Waals surface area contributed by atoms with Gasteiger partial charge in [0.05, 0.1) is 0 Å². The fraction of sp³-hybridized carbons (Fsp3) is 0.619. The quantitative estimate of drug-likeness (QED) is 0.409. The Morgan fingerprint density at radius 1 is 1.17 bits per heavy atom. The Kier molecular flexibility index (Phi) is 8.74. The molecule has 0 spiro atoms. The van der Waals surface area contributed by atoms with E-state index >= 15 is 8.78 Å². The van der Waals surface area contributed by atoms with Crippen LogP contribution in [0.2, 0.25) is 0 Å². The Bertz CT molecular complexity index is 707. The second kappa shape index (κ2) is 10.2. The van der Waals surface area contributed by atoms with E-state index in [9.17, 15) is 14.7 Å². The van der Waals surface area contributed by atoms with Crippen LogP contribution in [0.25, 0.3) is 0 Å². The van der Waals surface area contributed by atoms with Crippen molar-refractivity contribution in [2.45, 2.75) is 77.4 Å². The van der Waals surface area contributed by atoms with E-state index in [0.717, 1.165) is 0 Å². The maximum Gasteiger partial charge on any atom is 0.410 e. The number of aliphatic hydroxyl groups is 1. The molecule has 9 heteroatoms. The van der Waals surface area contributed by atoms with E-state index in [1.165, 1.54) is 0 Å². The third-order valence-corrected chi connectivity index (χ3v) is 4.21. The normalized spacial score (nSPS) is 15.3. The fourth-order valence-electron chi connectivity index (χ4n) is 2.51. The highest BCUT2D eigenvalue weighted by atomic mass is 19.3. The lowest BCUT2D eigenvalue weighted by Gasteiger charge is -2.39. The standard InChI is InChI=1S/C21H32F2N2O5/c1-14(2)11-12-20(28,25-18(27)30-19(3,4)5)21(22,23)16(24)17(26)29-13-15-9-7-6-8-10-15/h6-10,14,16,28H,11-13,24H2,1-5H3,(H,25,27). The van der Waals surface area contributed by atoms with E-state index in [1.807, 2.05) is 5.32 Å². The summed E-state index contributed by atoms with van der Waals surface area (Å²) >= 11 is 0. The maximum atomic E-state index is 15.1. The summed E-state index contributed by atoms with van der Waals surface area (Å²) in [5.74, 6) is -5.70. The van der Waals surface area contributed by atoms with Gasteiger partial charge in [-0.25, -0.2) is 4.79 Å². The first kappa shape index (κ1) is 25.8. The number of hydrogen-bond acceptors (Lipinski definition) is 6. The SMILES string of the molecule is CC(C)CCC(O)(NC(=O)OC(C)(C)C)C(F)(F)C(N)C(=O)OCc1ccccc1. The number of carbonyl (C=O) groups excluding carboxylic acids is 2. The van der Waals surface area contributed by atoms with E-state index in [2.05, 4.69) is 0 Å². The van der Waals surface area contributed by atoms with E-state index in [4.69, 9.17) is 15.2 Å². The second-order valence-electron chi connectivity index (χ2n) is 8.61. The topological polar surface area (TPSA) is 111 Å². The first-order chi connectivity index (χ1) is 13.7. The zero-order valence-electron chi connectivity index (χ0n) is 18.1. The smallest absolute Gasteiger partial charge is 0.410 e. The lowest BCUT2D eigenvalue weighted by molar-refractivity contribution is -0.217. The minimum absolute atomic E-state index is 0.0611. The van der Waals surface area contributed by atoms with Crippen molar-refractivity contribution >= 4 is 12.1 Å². The molecule has 0 radical (unpaired) electrons. The molecule has 0 fully saturated rings. The molecule has 7 nitrogen and oxygen atoms in total. The summed E-state index contributed by atoms with van der Waals surface area (Å²) in [5.41, 5.74) is 1.98. The maximum absolute atomic E-state index is 15.1. The van der Waals surface area contributed by atoms with E-state index in [1.54, 1.807) is 65.0 Å². The van der Waals surface area contributed by atoms with Gasteiger partial charge in [-0.1, -0.05) is 44.2 Å². The Labute approximate surface area is 175 Å². The zero-order valence-corrected chi connectivity index (χ0v) is 18.1. The first-order valence-electron chi connectivity index (χ1n) is 9.75. The molecule has 0 saturated carbocycles. The van der Waals surface area contributed by atoms with Crippen LogP contribution in [0.5, 0.6) is 0 Å². The van der Waals surface area contributed by atoms with E-state index < -0.39 is 41.8 Å².